The van der Waals surface area contributed by atoms with E-state index in [0.717, 1.165) is 27.6 Å². The SMILES string of the molecule is Cc1nc2scc(-c3cccc([N+](=O)[O-])c3)n2c1CN. The molecule has 0 atom stereocenters. The Morgan fingerprint density at radius 2 is 2.30 bits per heavy atom. The van der Waals surface area contributed by atoms with Crippen LogP contribution in [0.4, 0.5) is 5.69 Å². The van der Waals surface area contributed by atoms with E-state index in [0.29, 0.717) is 6.54 Å². The molecule has 0 radical (unpaired) electrons. The van der Waals surface area contributed by atoms with Crippen LogP contribution in [0.5, 0.6) is 0 Å². The molecule has 6 nitrogen and oxygen atoms in total. The smallest absolute Gasteiger partial charge is 0.270 e. The molecule has 102 valence electrons. The molecule has 0 fully saturated rings. The van der Waals surface area contributed by atoms with Gasteiger partial charge in [-0.25, -0.2) is 4.98 Å². The Labute approximate surface area is 118 Å². The van der Waals surface area contributed by atoms with Gasteiger partial charge in [-0.2, -0.15) is 0 Å². The van der Waals surface area contributed by atoms with Gasteiger partial charge in [-0.3, -0.25) is 14.5 Å². The van der Waals surface area contributed by atoms with E-state index in [1.54, 1.807) is 12.1 Å². The molecule has 2 aromatic heterocycles. The molecule has 7 heteroatoms. The number of aromatic nitrogens is 2. The highest BCUT2D eigenvalue weighted by Crippen LogP contribution is 2.30. The molecule has 2 heterocycles. The molecular weight excluding hydrogens is 276 g/mol. The van der Waals surface area contributed by atoms with Crippen LogP contribution in [0.25, 0.3) is 16.2 Å². The first-order chi connectivity index (χ1) is 9.61. The van der Waals surface area contributed by atoms with Gasteiger partial charge in [-0.05, 0) is 6.92 Å². The third kappa shape index (κ3) is 1.87. The van der Waals surface area contributed by atoms with Crippen LogP contribution >= 0.6 is 11.3 Å². The number of aryl methyl sites for hydroxylation is 1. The zero-order valence-electron chi connectivity index (χ0n) is 10.7. The Morgan fingerprint density at radius 1 is 1.50 bits per heavy atom. The summed E-state index contributed by atoms with van der Waals surface area (Å²) in [5, 5.41) is 12.8. The molecule has 0 unspecified atom stereocenters. The lowest BCUT2D eigenvalue weighted by Gasteiger charge is -2.03. The molecule has 0 aliphatic carbocycles. The average Bonchev–Trinajstić information content (AvgIpc) is 2.96. The number of hydrogen-bond acceptors (Lipinski definition) is 5. The van der Waals surface area contributed by atoms with Gasteiger partial charge in [0.05, 0.1) is 22.0 Å². The summed E-state index contributed by atoms with van der Waals surface area (Å²) in [4.78, 5) is 15.8. The first-order valence-electron chi connectivity index (χ1n) is 6.02. The molecule has 20 heavy (non-hydrogen) atoms. The van der Waals surface area contributed by atoms with Gasteiger partial charge in [0.1, 0.15) is 0 Å². The normalized spacial score (nSPS) is 11.1. The number of nitrogens with zero attached hydrogens (tertiary/aromatic N) is 3. The molecule has 3 aromatic rings. The van der Waals surface area contributed by atoms with Gasteiger partial charge in [0.15, 0.2) is 4.96 Å². The molecule has 0 bridgehead atoms. The number of non-ortho nitro benzene ring substituents is 1. The van der Waals surface area contributed by atoms with Gasteiger partial charge in [-0.15, -0.1) is 11.3 Å². The minimum Gasteiger partial charge on any atom is -0.325 e. The summed E-state index contributed by atoms with van der Waals surface area (Å²) >= 11 is 1.50. The summed E-state index contributed by atoms with van der Waals surface area (Å²) in [7, 11) is 0. The van der Waals surface area contributed by atoms with Crippen LogP contribution in [0.1, 0.15) is 11.4 Å². The number of nitro benzene ring substituents is 1. The Bertz CT molecular complexity index is 806. The summed E-state index contributed by atoms with van der Waals surface area (Å²) in [6.45, 7) is 2.30. The molecule has 0 spiro atoms. The van der Waals surface area contributed by atoms with Crippen molar-refractivity contribution in [2.24, 2.45) is 5.73 Å². The third-order valence-electron chi connectivity index (χ3n) is 3.21. The third-order valence-corrected chi connectivity index (χ3v) is 4.03. The lowest BCUT2D eigenvalue weighted by atomic mass is 10.1. The van der Waals surface area contributed by atoms with Crippen molar-refractivity contribution in [3.63, 3.8) is 0 Å². The Balaban J connectivity index is 2.24. The first-order valence-corrected chi connectivity index (χ1v) is 6.90. The molecule has 3 rings (SSSR count). The Hall–Kier alpha value is -2.25. The molecule has 0 saturated heterocycles. The predicted molar refractivity (Wildman–Crippen MR) is 77.8 cm³/mol. The molecule has 0 aliphatic heterocycles. The summed E-state index contributed by atoms with van der Waals surface area (Å²) < 4.78 is 1.97. The van der Waals surface area contributed by atoms with Crippen LogP contribution in [0.3, 0.4) is 0 Å². The number of nitrogens with two attached hydrogens (primary N) is 1. The van der Waals surface area contributed by atoms with Crippen LogP contribution in [0.2, 0.25) is 0 Å². The van der Waals surface area contributed by atoms with E-state index in [2.05, 4.69) is 4.98 Å². The van der Waals surface area contributed by atoms with Crippen LogP contribution in [-0.4, -0.2) is 14.3 Å². The largest absolute Gasteiger partial charge is 0.325 e. The lowest BCUT2D eigenvalue weighted by molar-refractivity contribution is -0.384. The molecule has 2 N–H and O–H groups in total. The number of nitro groups is 1. The van der Waals surface area contributed by atoms with Crippen LogP contribution in [0, 0.1) is 17.0 Å². The lowest BCUT2D eigenvalue weighted by Crippen LogP contribution is -2.03. The van der Waals surface area contributed by atoms with Crippen molar-refractivity contribution in [3.8, 4) is 11.3 Å². The second-order valence-corrected chi connectivity index (χ2v) is 5.23. The Kier molecular flexibility index (Phi) is 3.00. The number of rotatable bonds is 3. The number of imidazole rings is 1. The fraction of sp³-hybridized carbons (Fsp3) is 0.154. The van der Waals surface area contributed by atoms with E-state index in [1.807, 2.05) is 22.8 Å². The summed E-state index contributed by atoms with van der Waals surface area (Å²) in [5.74, 6) is 0. The minimum atomic E-state index is -0.393. The van der Waals surface area contributed by atoms with E-state index in [-0.39, 0.29) is 5.69 Å². The van der Waals surface area contributed by atoms with Gasteiger partial charge in [0, 0.05) is 29.6 Å². The quantitative estimate of drug-likeness (QED) is 0.593. The average molecular weight is 288 g/mol. The zero-order chi connectivity index (χ0) is 14.3. The zero-order valence-corrected chi connectivity index (χ0v) is 11.6. The topological polar surface area (TPSA) is 86.5 Å². The first kappa shape index (κ1) is 12.8. The molecule has 0 amide bonds. The standard InChI is InChI=1S/C13H12N4O2S/c1-8-11(6-14)16-12(7-20-13(16)15-8)9-3-2-4-10(5-9)17(18)19/h2-5,7H,6,14H2,1H3. The van der Waals surface area contributed by atoms with Gasteiger partial charge in [-0.1, -0.05) is 12.1 Å². The highest BCUT2D eigenvalue weighted by molar-refractivity contribution is 7.15. The number of thiazole rings is 1. The molecular formula is C13H12N4O2S. The van der Waals surface area contributed by atoms with Crippen molar-refractivity contribution in [2.45, 2.75) is 13.5 Å². The molecule has 0 saturated carbocycles. The van der Waals surface area contributed by atoms with Gasteiger partial charge in [0.25, 0.3) is 5.69 Å². The Morgan fingerprint density at radius 3 is 3.00 bits per heavy atom. The van der Waals surface area contributed by atoms with E-state index < -0.39 is 4.92 Å². The van der Waals surface area contributed by atoms with Gasteiger partial charge in [0.2, 0.25) is 0 Å². The highest BCUT2D eigenvalue weighted by Gasteiger charge is 2.15. The minimum absolute atomic E-state index is 0.0768. The van der Waals surface area contributed by atoms with Gasteiger partial charge >= 0.3 is 0 Å². The van der Waals surface area contributed by atoms with E-state index in [4.69, 9.17) is 5.73 Å². The monoisotopic (exact) mass is 288 g/mol. The highest BCUT2D eigenvalue weighted by atomic mass is 32.1. The fourth-order valence-electron chi connectivity index (χ4n) is 2.24. The predicted octanol–water partition coefficient (Wildman–Crippen LogP) is 2.74. The second-order valence-electron chi connectivity index (χ2n) is 4.39. The van der Waals surface area contributed by atoms with Crippen molar-refractivity contribution < 1.29 is 4.92 Å². The van der Waals surface area contributed by atoms with E-state index >= 15 is 0 Å². The van der Waals surface area contributed by atoms with Crippen molar-refractivity contribution in [3.05, 3.63) is 51.1 Å². The van der Waals surface area contributed by atoms with E-state index in [1.165, 1.54) is 17.4 Å². The van der Waals surface area contributed by atoms with Crippen molar-refractivity contribution in [2.75, 3.05) is 0 Å². The number of fused-ring (bicyclic) bond motifs is 1. The van der Waals surface area contributed by atoms with Crippen LogP contribution in [-0.2, 0) is 6.54 Å². The van der Waals surface area contributed by atoms with E-state index in [9.17, 15) is 10.1 Å². The number of hydrogen-bond donors (Lipinski definition) is 1. The maximum atomic E-state index is 10.9. The second kappa shape index (κ2) is 4.69. The van der Waals surface area contributed by atoms with Crippen molar-refractivity contribution in [1.29, 1.82) is 0 Å². The number of benzene rings is 1. The van der Waals surface area contributed by atoms with Crippen molar-refractivity contribution in [1.82, 2.24) is 9.38 Å². The van der Waals surface area contributed by atoms with Crippen LogP contribution < -0.4 is 5.73 Å². The fourth-order valence-corrected chi connectivity index (χ4v) is 3.20. The summed E-state index contributed by atoms with van der Waals surface area (Å²) in [5.41, 5.74) is 9.36. The molecule has 0 aliphatic rings. The molecule has 1 aromatic carbocycles. The van der Waals surface area contributed by atoms with Crippen molar-refractivity contribution >= 4 is 22.0 Å². The maximum Gasteiger partial charge on any atom is 0.270 e. The summed E-state index contributed by atoms with van der Waals surface area (Å²) in [6, 6.07) is 6.58. The van der Waals surface area contributed by atoms with Crippen LogP contribution in [0.15, 0.2) is 29.6 Å². The summed E-state index contributed by atoms with van der Waals surface area (Å²) in [6.07, 6.45) is 0. The van der Waals surface area contributed by atoms with Gasteiger partial charge < -0.3 is 5.73 Å². The maximum absolute atomic E-state index is 10.9.